The molecule has 0 saturated carbocycles. The van der Waals surface area contributed by atoms with Gasteiger partial charge in [-0.25, -0.2) is 4.79 Å². The number of amides is 2. The fraction of sp³-hybridized carbons (Fsp3) is 0.500. The number of primary amides is 1. The molecule has 0 spiro atoms. The Kier molecular flexibility index (Phi) is 11.4. The van der Waals surface area contributed by atoms with Crippen molar-refractivity contribution in [3.63, 3.8) is 0 Å². The van der Waals surface area contributed by atoms with Gasteiger partial charge in [-0.05, 0) is 38.2 Å². The number of carbonyl (C=O) groups is 4. The van der Waals surface area contributed by atoms with Gasteiger partial charge in [-0.1, -0.05) is 38.2 Å². The molecule has 2 amide bonds. The molecule has 39 heavy (non-hydrogen) atoms. The lowest BCUT2D eigenvalue weighted by atomic mass is 9.85. The second-order valence-electron chi connectivity index (χ2n) is 9.97. The van der Waals surface area contributed by atoms with E-state index in [1.807, 2.05) is 6.92 Å². The van der Waals surface area contributed by atoms with Gasteiger partial charge in [0.25, 0.3) is 5.91 Å². The number of methoxy groups -OCH3 is 2. The van der Waals surface area contributed by atoms with Gasteiger partial charge in [0.2, 0.25) is 11.6 Å². The topological polar surface area (TPSA) is 180 Å². The van der Waals surface area contributed by atoms with Crippen LogP contribution in [0.25, 0.3) is 0 Å². The summed E-state index contributed by atoms with van der Waals surface area (Å²) in [5, 5.41) is 13.6. The van der Waals surface area contributed by atoms with Crippen molar-refractivity contribution in [2.45, 2.75) is 65.0 Å². The van der Waals surface area contributed by atoms with E-state index < -0.39 is 53.9 Å². The van der Waals surface area contributed by atoms with E-state index in [0.717, 1.165) is 6.08 Å². The molecule has 2 rings (SSSR count). The van der Waals surface area contributed by atoms with Crippen LogP contribution in [-0.2, 0) is 28.6 Å². The lowest BCUT2D eigenvalue weighted by Crippen LogP contribution is -2.37. The molecule has 0 aromatic rings. The summed E-state index contributed by atoms with van der Waals surface area (Å²) in [5.41, 5.74) is 11.9. The Morgan fingerprint density at radius 1 is 1.13 bits per heavy atom. The molecular formula is C28H39N3O8. The first kappa shape index (κ1) is 31.7. The number of ether oxygens (including phenoxy) is 3. The molecular weight excluding hydrogens is 506 g/mol. The van der Waals surface area contributed by atoms with E-state index in [9.17, 15) is 24.3 Å². The number of ketones is 2. The monoisotopic (exact) mass is 545 g/mol. The first-order valence-electron chi connectivity index (χ1n) is 12.6. The maximum absolute atomic E-state index is 13.2. The van der Waals surface area contributed by atoms with E-state index in [0.29, 0.717) is 12.0 Å². The minimum atomic E-state index is -1.00. The molecule has 0 unspecified atom stereocenters. The molecule has 6 N–H and O–H groups in total. The van der Waals surface area contributed by atoms with Crippen LogP contribution >= 0.6 is 0 Å². The zero-order valence-electron chi connectivity index (χ0n) is 23.2. The van der Waals surface area contributed by atoms with Crippen LogP contribution in [0.15, 0.2) is 58.5 Å². The number of allylic oxidation sites excluding steroid dienone is 4. The second-order valence-corrected chi connectivity index (χ2v) is 9.97. The van der Waals surface area contributed by atoms with E-state index in [1.165, 1.54) is 33.3 Å². The molecule has 6 atom stereocenters. The van der Waals surface area contributed by atoms with Gasteiger partial charge in [-0.15, -0.1) is 0 Å². The Morgan fingerprint density at radius 3 is 2.38 bits per heavy atom. The molecule has 0 radical (unpaired) electrons. The smallest absolute Gasteiger partial charge is 0.405 e. The van der Waals surface area contributed by atoms with Gasteiger partial charge in [0.05, 0.1) is 23.6 Å². The minimum Gasteiger partial charge on any atom is -0.439 e. The summed E-state index contributed by atoms with van der Waals surface area (Å²) in [6.45, 7) is 6.89. The molecule has 0 fully saturated rings. The van der Waals surface area contributed by atoms with Gasteiger partial charge in [0.1, 0.15) is 6.10 Å². The zero-order chi connectivity index (χ0) is 29.4. The van der Waals surface area contributed by atoms with Crippen LogP contribution in [0, 0.1) is 11.8 Å². The van der Waals surface area contributed by atoms with E-state index in [4.69, 9.17) is 25.7 Å². The van der Waals surface area contributed by atoms with Gasteiger partial charge >= 0.3 is 6.09 Å². The minimum absolute atomic E-state index is 0.104. The highest BCUT2D eigenvalue weighted by Gasteiger charge is 2.32. The number of aliphatic hydroxyl groups excluding tert-OH is 1. The highest BCUT2D eigenvalue weighted by Crippen LogP contribution is 2.28. The predicted octanol–water partition coefficient (Wildman–Crippen LogP) is 1.72. The fourth-order valence-corrected chi connectivity index (χ4v) is 4.61. The SMILES string of the molecule is CO[C@H]1C[C@@H](C)CC2=C(N)C(=O)C=C(NC(=O)/C(C)=C\C=C/[C@@H](OC)[C@@H](OC(N)=O)/C(C)=C/[C@@H](C)[C@H]1O)C2=O. The number of fused-ring (bicyclic) bond motifs is 2. The third-order valence-corrected chi connectivity index (χ3v) is 6.84. The number of nitrogens with one attached hydrogen (secondary N) is 1. The zero-order valence-corrected chi connectivity index (χ0v) is 23.2. The van der Waals surface area contributed by atoms with Crippen LogP contribution in [0.2, 0.25) is 0 Å². The summed E-state index contributed by atoms with van der Waals surface area (Å²) in [7, 11) is 2.90. The normalized spacial score (nSPS) is 33.3. The molecule has 2 bridgehead atoms. The van der Waals surface area contributed by atoms with Crippen LogP contribution in [0.5, 0.6) is 0 Å². The molecule has 214 valence electrons. The van der Waals surface area contributed by atoms with Crippen molar-refractivity contribution in [1.29, 1.82) is 0 Å². The Balaban J connectivity index is 2.58. The van der Waals surface area contributed by atoms with Crippen molar-refractivity contribution in [2.75, 3.05) is 14.2 Å². The highest BCUT2D eigenvalue weighted by atomic mass is 16.6. The summed E-state index contributed by atoms with van der Waals surface area (Å²) in [4.78, 5) is 50.1. The summed E-state index contributed by atoms with van der Waals surface area (Å²) >= 11 is 0. The molecule has 2 aliphatic rings. The Morgan fingerprint density at radius 2 is 1.79 bits per heavy atom. The second kappa shape index (κ2) is 14.0. The van der Waals surface area contributed by atoms with Gasteiger partial charge in [-0.3, -0.25) is 14.4 Å². The lowest BCUT2D eigenvalue weighted by Gasteiger charge is -2.29. The average molecular weight is 546 g/mol. The van der Waals surface area contributed by atoms with E-state index in [2.05, 4.69) is 5.32 Å². The van der Waals surface area contributed by atoms with Crippen molar-refractivity contribution < 1.29 is 38.5 Å². The largest absolute Gasteiger partial charge is 0.439 e. The van der Waals surface area contributed by atoms with Crippen molar-refractivity contribution >= 4 is 23.6 Å². The quantitative estimate of drug-likeness (QED) is 0.303. The first-order valence-corrected chi connectivity index (χ1v) is 12.6. The van der Waals surface area contributed by atoms with Crippen LogP contribution in [0.4, 0.5) is 4.79 Å². The number of Topliss-reactive ketones (excluding diaryl/α,β-unsaturated/α-hetero) is 1. The van der Waals surface area contributed by atoms with Crippen molar-refractivity contribution in [3.05, 3.63) is 58.5 Å². The number of rotatable bonds is 3. The molecule has 11 nitrogen and oxygen atoms in total. The molecule has 1 aliphatic heterocycles. The van der Waals surface area contributed by atoms with Crippen LogP contribution < -0.4 is 16.8 Å². The Hall–Kier alpha value is -3.54. The lowest BCUT2D eigenvalue weighted by molar-refractivity contribution is -0.120. The average Bonchev–Trinajstić information content (AvgIpc) is 2.88. The molecule has 11 heteroatoms. The number of carbonyl (C=O) groups excluding carboxylic acids is 4. The molecule has 1 heterocycles. The molecule has 0 saturated heterocycles. The standard InChI is InChI=1S/C28H39N3O8/c1-14-10-18-23(29)20(32)13-19(25(18)34)31-27(35)15(2)8-7-9-21(37-5)26(39-28(30)36)17(4)12-16(3)24(33)22(11-14)38-6/h7-9,12-14,16,21-22,24,26,33H,10-11,29H2,1-6H3,(H2,30,36)(H,31,35)/b9-7-,15-8-,17-12+/t14-,16+,21+,22-,24+,26-/m0/s1. The first-order chi connectivity index (χ1) is 18.3. The number of aliphatic hydroxyl groups is 1. The van der Waals surface area contributed by atoms with Gasteiger partial charge in [-0.2, -0.15) is 0 Å². The summed E-state index contributed by atoms with van der Waals surface area (Å²) in [5.74, 6) is -2.37. The predicted molar refractivity (Wildman–Crippen MR) is 144 cm³/mol. The Bertz CT molecular complexity index is 1130. The van der Waals surface area contributed by atoms with E-state index in [1.54, 1.807) is 26.0 Å². The molecule has 0 aromatic carbocycles. The van der Waals surface area contributed by atoms with Gasteiger partial charge < -0.3 is 36.1 Å². The maximum Gasteiger partial charge on any atom is 0.405 e. The van der Waals surface area contributed by atoms with Crippen molar-refractivity contribution in [3.8, 4) is 0 Å². The fourth-order valence-electron chi connectivity index (χ4n) is 4.61. The molecule has 0 aromatic heterocycles. The van der Waals surface area contributed by atoms with Crippen molar-refractivity contribution in [2.24, 2.45) is 23.3 Å². The van der Waals surface area contributed by atoms with E-state index >= 15 is 0 Å². The Labute approximate surface area is 228 Å². The third kappa shape index (κ3) is 8.22. The number of hydrogen-bond acceptors (Lipinski definition) is 9. The van der Waals surface area contributed by atoms with Crippen molar-refractivity contribution in [1.82, 2.24) is 5.32 Å². The summed E-state index contributed by atoms with van der Waals surface area (Å²) in [6, 6.07) is 0. The number of nitrogens with two attached hydrogens (primary N) is 2. The number of hydrogen-bond donors (Lipinski definition) is 4. The van der Waals surface area contributed by atoms with Gasteiger partial charge in [0, 0.05) is 37.4 Å². The van der Waals surface area contributed by atoms with Gasteiger partial charge in [0.15, 0.2) is 6.10 Å². The van der Waals surface area contributed by atoms with E-state index in [-0.39, 0.29) is 34.9 Å². The van der Waals surface area contributed by atoms with Crippen LogP contribution in [0.3, 0.4) is 0 Å². The summed E-state index contributed by atoms with van der Waals surface area (Å²) < 4.78 is 16.4. The molecule has 1 aliphatic carbocycles. The van der Waals surface area contributed by atoms with Crippen LogP contribution in [-0.4, -0.2) is 67.3 Å². The highest BCUT2D eigenvalue weighted by molar-refractivity contribution is 6.23. The third-order valence-electron chi connectivity index (χ3n) is 6.84. The van der Waals surface area contributed by atoms with Crippen LogP contribution in [0.1, 0.15) is 40.5 Å². The maximum atomic E-state index is 13.2. The summed E-state index contributed by atoms with van der Waals surface area (Å²) in [6.07, 6.45) is 3.55.